The Bertz CT molecular complexity index is 522. The first kappa shape index (κ1) is 15.0. The molecule has 1 saturated heterocycles. The number of ether oxygens (including phenoxy) is 1. The van der Waals surface area contributed by atoms with E-state index in [-0.39, 0.29) is 11.9 Å². The Balaban J connectivity index is 1.72. The molecule has 1 atom stereocenters. The van der Waals surface area contributed by atoms with Crippen molar-refractivity contribution in [3.05, 3.63) is 29.8 Å². The zero-order valence-corrected chi connectivity index (χ0v) is 11.4. The molecule has 0 unspecified atom stereocenters. The number of aromatic hydroxyl groups is 1. The number of carbonyl (C=O) groups is 2. The van der Waals surface area contributed by atoms with Crippen molar-refractivity contribution >= 4 is 18.0 Å². The van der Waals surface area contributed by atoms with Crippen LogP contribution in [-0.4, -0.2) is 42.4 Å². The number of rotatable bonds is 4. The molecule has 0 aliphatic carbocycles. The molecule has 0 spiro atoms. The first-order valence-corrected chi connectivity index (χ1v) is 6.67. The molecule has 1 aliphatic heterocycles. The highest BCUT2D eigenvalue weighted by atomic mass is 16.5. The maximum Gasteiger partial charge on any atom is 0.329 e. The fourth-order valence-corrected chi connectivity index (χ4v) is 1.87. The molecule has 1 heterocycles. The molecule has 1 fully saturated rings. The van der Waals surface area contributed by atoms with E-state index in [9.17, 15) is 9.59 Å². The van der Waals surface area contributed by atoms with E-state index >= 15 is 0 Å². The first-order valence-electron chi connectivity index (χ1n) is 6.67. The van der Waals surface area contributed by atoms with Crippen LogP contribution in [0.4, 0.5) is 0 Å². The van der Waals surface area contributed by atoms with Gasteiger partial charge in [-0.05, 0) is 42.7 Å². The van der Waals surface area contributed by atoms with Gasteiger partial charge in [-0.1, -0.05) is 0 Å². The van der Waals surface area contributed by atoms with Crippen molar-refractivity contribution in [3.63, 3.8) is 0 Å². The molecule has 0 saturated carbocycles. The molecule has 112 valence electrons. The molecule has 0 bridgehead atoms. The summed E-state index contributed by atoms with van der Waals surface area (Å²) in [6, 6.07) is 6.25. The Morgan fingerprint density at radius 2 is 2.10 bits per heavy atom. The van der Waals surface area contributed by atoms with Gasteiger partial charge in [0.25, 0.3) is 0 Å². The van der Waals surface area contributed by atoms with Crippen LogP contribution < -0.4 is 10.7 Å². The van der Waals surface area contributed by atoms with Gasteiger partial charge in [0.15, 0.2) is 0 Å². The third-order valence-corrected chi connectivity index (χ3v) is 2.99. The minimum atomic E-state index is -0.831. The van der Waals surface area contributed by atoms with E-state index in [1.54, 1.807) is 12.1 Å². The molecule has 2 rings (SSSR count). The fraction of sp³-hybridized carbons (Fsp3) is 0.357. The molecule has 0 radical (unpaired) electrons. The molecule has 1 aliphatic rings. The van der Waals surface area contributed by atoms with Crippen molar-refractivity contribution in [3.8, 4) is 5.75 Å². The number of carbonyl (C=O) groups excluding carboxylic acids is 2. The number of hydrogen-bond donors (Lipinski definition) is 3. The van der Waals surface area contributed by atoms with Crippen molar-refractivity contribution in [1.82, 2.24) is 10.7 Å². The van der Waals surface area contributed by atoms with E-state index in [0.29, 0.717) is 18.7 Å². The van der Waals surface area contributed by atoms with Gasteiger partial charge >= 0.3 is 11.8 Å². The third-order valence-electron chi connectivity index (χ3n) is 2.99. The van der Waals surface area contributed by atoms with Crippen LogP contribution in [0.25, 0.3) is 0 Å². The molecule has 3 N–H and O–H groups in total. The second-order valence-corrected chi connectivity index (χ2v) is 4.64. The molecular weight excluding hydrogens is 274 g/mol. The molecule has 7 heteroatoms. The number of nitrogens with one attached hydrogen (secondary N) is 2. The average molecular weight is 291 g/mol. The zero-order chi connectivity index (χ0) is 15.1. The first-order chi connectivity index (χ1) is 10.1. The van der Waals surface area contributed by atoms with Gasteiger partial charge in [0.2, 0.25) is 0 Å². The van der Waals surface area contributed by atoms with Crippen molar-refractivity contribution in [2.75, 3.05) is 13.2 Å². The summed E-state index contributed by atoms with van der Waals surface area (Å²) >= 11 is 0. The summed E-state index contributed by atoms with van der Waals surface area (Å²) in [4.78, 5) is 23.0. The highest BCUT2D eigenvalue weighted by Crippen LogP contribution is 2.10. The van der Waals surface area contributed by atoms with E-state index in [2.05, 4.69) is 15.8 Å². The van der Waals surface area contributed by atoms with Crippen molar-refractivity contribution in [2.45, 2.75) is 18.9 Å². The van der Waals surface area contributed by atoms with Crippen molar-refractivity contribution in [1.29, 1.82) is 0 Å². The maximum absolute atomic E-state index is 11.5. The predicted octanol–water partition coefficient (Wildman–Crippen LogP) is 0.138. The van der Waals surface area contributed by atoms with Crippen LogP contribution in [0.15, 0.2) is 29.4 Å². The Kier molecular flexibility index (Phi) is 5.28. The molecule has 1 aromatic rings. The second-order valence-electron chi connectivity index (χ2n) is 4.64. The number of hydrogen-bond acceptors (Lipinski definition) is 5. The van der Waals surface area contributed by atoms with Gasteiger partial charge in [0.05, 0.1) is 12.3 Å². The summed E-state index contributed by atoms with van der Waals surface area (Å²) < 4.78 is 5.34. The van der Waals surface area contributed by atoms with Gasteiger partial charge in [0, 0.05) is 13.2 Å². The van der Waals surface area contributed by atoms with Crippen LogP contribution in [0.2, 0.25) is 0 Å². The Morgan fingerprint density at radius 3 is 2.76 bits per heavy atom. The smallest absolute Gasteiger partial charge is 0.329 e. The zero-order valence-electron chi connectivity index (χ0n) is 11.4. The lowest BCUT2D eigenvalue weighted by Crippen LogP contribution is -2.41. The second kappa shape index (κ2) is 7.39. The van der Waals surface area contributed by atoms with Gasteiger partial charge in [-0.3, -0.25) is 9.59 Å². The summed E-state index contributed by atoms with van der Waals surface area (Å²) in [6.07, 6.45) is 3.23. The number of phenols is 1. The standard InChI is InChI=1S/C14H17N3O4/c18-11-5-3-10(4-6-11)8-16-17-14(20)13(19)15-9-12-2-1-7-21-12/h3-6,8,12,18H,1-2,7,9H2,(H,15,19)(H,17,20)/b16-8-/t12-/m0/s1. The Labute approximate surface area is 122 Å². The van der Waals surface area contributed by atoms with E-state index in [1.807, 2.05) is 0 Å². The van der Waals surface area contributed by atoms with Crippen LogP contribution in [0.3, 0.4) is 0 Å². The SMILES string of the molecule is O=C(NC[C@@H]1CCCO1)C(=O)N/N=C\c1ccc(O)cc1. The highest BCUT2D eigenvalue weighted by Gasteiger charge is 2.18. The maximum atomic E-state index is 11.5. The van der Waals surface area contributed by atoms with Crippen LogP contribution in [-0.2, 0) is 14.3 Å². The van der Waals surface area contributed by atoms with E-state index in [1.165, 1.54) is 18.3 Å². The summed E-state index contributed by atoms with van der Waals surface area (Å²) in [5, 5.41) is 15.3. The largest absolute Gasteiger partial charge is 0.508 e. The van der Waals surface area contributed by atoms with Crippen molar-refractivity contribution < 1.29 is 19.4 Å². The number of phenolic OH excluding ortho intramolecular Hbond substituents is 1. The van der Waals surface area contributed by atoms with E-state index < -0.39 is 11.8 Å². The summed E-state index contributed by atoms with van der Waals surface area (Å²) in [5.41, 5.74) is 2.82. The molecule has 1 aromatic carbocycles. The fourth-order valence-electron chi connectivity index (χ4n) is 1.87. The van der Waals surface area contributed by atoms with Crippen molar-refractivity contribution in [2.24, 2.45) is 5.10 Å². The third kappa shape index (κ3) is 4.88. The average Bonchev–Trinajstić information content (AvgIpc) is 3.00. The van der Waals surface area contributed by atoms with Crippen LogP contribution >= 0.6 is 0 Å². The molecule has 2 amide bonds. The van der Waals surface area contributed by atoms with Gasteiger partial charge in [-0.25, -0.2) is 5.43 Å². The minimum absolute atomic E-state index is 0.0118. The lowest BCUT2D eigenvalue weighted by Gasteiger charge is -2.09. The summed E-state index contributed by atoms with van der Waals surface area (Å²) in [5.74, 6) is -1.43. The number of nitrogens with zero attached hydrogens (tertiary/aromatic N) is 1. The quantitative estimate of drug-likeness (QED) is 0.417. The topological polar surface area (TPSA) is 100 Å². The van der Waals surface area contributed by atoms with Gasteiger partial charge in [-0.2, -0.15) is 5.10 Å². The monoisotopic (exact) mass is 291 g/mol. The predicted molar refractivity (Wildman–Crippen MR) is 75.8 cm³/mol. The Morgan fingerprint density at radius 1 is 1.33 bits per heavy atom. The van der Waals surface area contributed by atoms with Gasteiger partial charge in [-0.15, -0.1) is 0 Å². The highest BCUT2D eigenvalue weighted by molar-refractivity contribution is 6.35. The number of amides is 2. The Hall–Kier alpha value is -2.41. The van der Waals surface area contributed by atoms with Gasteiger partial charge < -0.3 is 15.2 Å². The summed E-state index contributed by atoms with van der Waals surface area (Å²) in [7, 11) is 0. The van der Waals surface area contributed by atoms with Crippen LogP contribution in [0.1, 0.15) is 18.4 Å². The molecule has 0 aromatic heterocycles. The molecular formula is C14H17N3O4. The number of hydrazone groups is 1. The lowest BCUT2D eigenvalue weighted by atomic mass is 10.2. The molecule has 21 heavy (non-hydrogen) atoms. The van der Waals surface area contributed by atoms with Gasteiger partial charge in [0.1, 0.15) is 5.75 Å². The molecule has 7 nitrogen and oxygen atoms in total. The lowest BCUT2D eigenvalue weighted by molar-refractivity contribution is -0.139. The van der Waals surface area contributed by atoms with Crippen LogP contribution in [0, 0.1) is 0 Å². The summed E-state index contributed by atoms with van der Waals surface area (Å²) in [6.45, 7) is 1.03. The minimum Gasteiger partial charge on any atom is -0.508 e. The van der Waals surface area contributed by atoms with E-state index in [4.69, 9.17) is 9.84 Å². The van der Waals surface area contributed by atoms with Crippen LogP contribution in [0.5, 0.6) is 5.75 Å². The normalized spacial score (nSPS) is 17.8. The number of benzene rings is 1. The van der Waals surface area contributed by atoms with E-state index in [0.717, 1.165) is 12.8 Å².